The molecule has 1 aromatic rings. The fourth-order valence-corrected chi connectivity index (χ4v) is 2.07. The van der Waals surface area contributed by atoms with Crippen molar-refractivity contribution in [3.8, 4) is 0 Å². The molecule has 0 bridgehead atoms. The first-order chi connectivity index (χ1) is 8.99. The predicted octanol–water partition coefficient (Wildman–Crippen LogP) is 1.54. The van der Waals surface area contributed by atoms with Crippen LogP contribution in [0, 0.1) is 5.41 Å². The lowest BCUT2D eigenvalue weighted by Crippen LogP contribution is -2.35. The van der Waals surface area contributed by atoms with Gasteiger partial charge >= 0.3 is 6.03 Å². The van der Waals surface area contributed by atoms with E-state index in [1.165, 1.54) is 0 Å². The molecular formula is C13H19ClN4O2. The molecule has 6 nitrogen and oxygen atoms in total. The second kappa shape index (κ2) is 6.58. The van der Waals surface area contributed by atoms with Gasteiger partial charge in [0.1, 0.15) is 0 Å². The number of carbonyl (C=O) groups is 2. The van der Waals surface area contributed by atoms with Crippen LogP contribution in [-0.2, 0) is 4.79 Å². The quantitative estimate of drug-likeness (QED) is 0.681. The maximum Gasteiger partial charge on any atom is 0.316 e. The lowest BCUT2D eigenvalue weighted by atomic mass is 9.89. The Hall–Kier alpha value is -1.79. The van der Waals surface area contributed by atoms with Gasteiger partial charge in [-0.15, -0.1) is 12.4 Å². The monoisotopic (exact) mass is 298 g/mol. The highest BCUT2D eigenvalue weighted by Crippen LogP contribution is 2.26. The molecule has 0 aliphatic carbocycles. The molecular weight excluding hydrogens is 280 g/mol. The van der Waals surface area contributed by atoms with Crippen molar-refractivity contribution in [1.29, 1.82) is 0 Å². The minimum atomic E-state index is -0.610. The van der Waals surface area contributed by atoms with Crippen LogP contribution in [0.15, 0.2) is 24.3 Å². The van der Waals surface area contributed by atoms with Gasteiger partial charge in [-0.25, -0.2) is 4.79 Å². The van der Waals surface area contributed by atoms with Crippen molar-refractivity contribution in [3.63, 3.8) is 0 Å². The van der Waals surface area contributed by atoms with Crippen LogP contribution in [0.5, 0.6) is 0 Å². The molecule has 1 heterocycles. The molecule has 1 aliphatic rings. The lowest BCUT2D eigenvalue weighted by molar-refractivity contribution is -0.123. The summed E-state index contributed by atoms with van der Waals surface area (Å²) in [5, 5.41) is 8.53. The van der Waals surface area contributed by atoms with Gasteiger partial charge < -0.3 is 21.7 Å². The van der Waals surface area contributed by atoms with Crippen LogP contribution in [0.25, 0.3) is 0 Å². The fraction of sp³-hybridized carbons (Fsp3) is 0.385. The largest absolute Gasteiger partial charge is 0.351 e. The number of benzene rings is 1. The average Bonchev–Trinajstić information content (AvgIpc) is 2.79. The molecule has 1 aromatic carbocycles. The summed E-state index contributed by atoms with van der Waals surface area (Å²) in [4.78, 5) is 22.8. The molecule has 1 fully saturated rings. The second-order valence-electron chi connectivity index (χ2n) is 5.01. The minimum Gasteiger partial charge on any atom is -0.351 e. The molecule has 1 saturated heterocycles. The molecule has 7 heteroatoms. The molecule has 0 spiro atoms. The summed E-state index contributed by atoms with van der Waals surface area (Å²) < 4.78 is 0. The molecule has 0 radical (unpaired) electrons. The van der Waals surface area contributed by atoms with E-state index in [0.29, 0.717) is 17.9 Å². The Morgan fingerprint density at radius 2 is 1.75 bits per heavy atom. The maximum atomic E-state index is 12.2. The normalized spacial score (nSPS) is 20.9. The van der Waals surface area contributed by atoms with E-state index in [4.69, 9.17) is 5.73 Å². The van der Waals surface area contributed by atoms with Crippen molar-refractivity contribution in [3.05, 3.63) is 24.3 Å². The van der Waals surface area contributed by atoms with Crippen LogP contribution in [-0.4, -0.2) is 25.0 Å². The molecule has 110 valence electrons. The molecule has 1 aliphatic heterocycles. The van der Waals surface area contributed by atoms with Gasteiger partial charge in [0, 0.05) is 17.9 Å². The molecule has 5 N–H and O–H groups in total. The van der Waals surface area contributed by atoms with Crippen LogP contribution in [0.1, 0.15) is 13.3 Å². The molecule has 0 saturated carbocycles. The summed E-state index contributed by atoms with van der Waals surface area (Å²) in [6, 6.07) is 6.23. The van der Waals surface area contributed by atoms with Crippen molar-refractivity contribution in [2.75, 3.05) is 23.7 Å². The van der Waals surface area contributed by atoms with Gasteiger partial charge in [0.2, 0.25) is 5.91 Å². The summed E-state index contributed by atoms with van der Waals surface area (Å²) in [6.45, 7) is 3.51. The molecule has 1 atom stereocenters. The number of nitrogens with one attached hydrogen (secondary N) is 3. The molecule has 0 aromatic heterocycles. The molecule has 20 heavy (non-hydrogen) atoms. The standard InChI is InChI=1S/C13H18N4O2.ClH/c1-13(6-7-15-8-13)11(18)16-9-2-4-10(5-3-9)17-12(14)19;/h2-5,15H,6-8H2,1H3,(H,16,18)(H3,14,17,19);1H. The predicted molar refractivity (Wildman–Crippen MR) is 81.1 cm³/mol. The number of anilines is 2. The van der Waals surface area contributed by atoms with Crippen molar-refractivity contribution in [2.24, 2.45) is 11.1 Å². The Morgan fingerprint density at radius 1 is 1.20 bits per heavy atom. The Bertz CT molecular complexity index is 484. The highest BCUT2D eigenvalue weighted by Gasteiger charge is 2.36. The topological polar surface area (TPSA) is 96.2 Å². The van der Waals surface area contributed by atoms with Gasteiger partial charge in [-0.1, -0.05) is 0 Å². The van der Waals surface area contributed by atoms with Crippen LogP contribution < -0.4 is 21.7 Å². The van der Waals surface area contributed by atoms with Gasteiger partial charge in [0.05, 0.1) is 5.41 Å². The van der Waals surface area contributed by atoms with Crippen LogP contribution in [0.3, 0.4) is 0 Å². The number of carbonyl (C=O) groups excluding carboxylic acids is 2. The summed E-state index contributed by atoms with van der Waals surface area (Å²) in [5.41, 5.74) is 5.96. The molecule has 1 unspecified atom stereocenters. The van der Waals surface area contributed by atoms with Crippen molar-refractivity contribution < 1.29 is 9.59 Å². The number of rotatable bonds is 3. The lowest BCUT2D eigenvalue weighted by Gasteiger charge is -2.21. The van der Waals surface area contributed by atoms with E-state index >= 15 is 0 Å². The first-order valence-electron chi connectivity index (χ1n) is 6.18. The van der Waals surface area contributed by atoms with E-state index in [-0.39, 0.29) is 23.7 Å². The van der Waals surface area contributed by atoms with Crippen LogP contribution in [0.4, 0.5) is 16.2 Å². The average molecular weight is 299 g/mol. The van der Waals surface area contributed by atoms with Crippen molar-refractivity contribution >= 4 is 35.7 Å². The zero-order chi connectivity index (χ0) is 13.9. The Labute approximate surface area is 123 Å². The number of amides is 3. The maximum absolute atomic E-state index is 12.2. The van der Waals surface area contributed by atoms with E-state index in [2.05, 4.69) is 16.0 Å². The summed E-state index contributed by atoms with van der Waals surface area (Å²) in [7, 11) is 0. The fourth-order valence-electron chi connectivity index (χ4n) is 2.07. The highest BCUT2D eigenvalue weighted by atomic mass is 35.5. The number of nitrogens with two attached hydrogens (primary N) is 1. The minimum absolute atomic E-state index is 0. The summed E-state index contributed by atoms with van der Waals surface area (Å²) >= 11 is 0. The Morgan fingerprint density at radius 3 is 2.20 bits per heavy atom. The van der Waals surface area contributed by atoms with E-state index in [1.807, 2.05) is 6.92 Å². The third-order valence-electron chi connectivity index (χ3n) is 3.33. The van der Waals surface area contributed by atoms with Crippen molar-refractivity contribution in [1.82, 2.24) is 5.32 Å². The van der Waals surface area contributed by atoms with E-state index in [1.54, 1.807) is 24.3 Å². The number of urea groups is 1. The summed E-state index contributed by atoms with van der Waals surface area (Å²) in [5.74, 6) is 0.00751. The zero-order valence-corrected chi connectivity index (χ0v) is 12.0. The molecule has 2 rings (SSSR count). The zero-order valence-electron chi connectivity index (χ0n) is 11.2. The smallest absolute Gasteiger partial charge is 0.316 e. The van der Waals surface area contributed by atoms with E-state index in [9.17, 15) is 9.59 Å². The van der Waals surface area contributed by atoms with Crippen LogP contribution >= 0.6 is 12.4 Å². The Balaban J connectivity index is 0.00000200. The van der Waals surface area contributed by atoms with Crippen molar-refractivity contribution in [2.45, 2.75) is 13.3 Å². The van der Waals surface area contributed by atoms with Gasteiger partial charge in [-0.3, -0.25) is 4.79 Å². The molecule has 3 amide bonds. The number of halogens is 1. The first-order valence-corrected chi connectivity index (χ1v) is 6.18. The third kappa shape index (κ3) is 3.85. The van der Waals surface area contributed by atoms with Crippen LogP contribution in [0.2, 0.25) is 0 Å². The first kappa shape index (κ1) is 16.3. The SMILES string of the molecule is CC1(C(=O)Nc2ccc(NC(N)=O)cc2)CCNC1.Cl. The van der Waals surface area contributed by atoms with E-state index in [0.717, 1.165) is 13.0 Å². The third-order valence-corrected chi connectivity index (χ3v) is 3.33. The van der Waals surface area contributed by atoms with Gasteiger partial charge in [-0.05, 0) is 44.2 Å². The van der Waals surface area contributed by atoms with Gasteiger partial charge in [0.25, 0.3) is 0 Å². The number of primary amides is 1. The number of hydrogen-bond acceptors (Lipinski definition) is 3. The number of hydrogen-bond donors (Lipinski definition) is 4. The highest BCUT2D eigenvalue weighted by molar-refractivity contribution is 5.96. The van der Waals surface area contributed by atoms with Gasteiger partial charge in [-0.2, -0.15) is 0 Å². The second-order valence-corrected chi connectivity index (χ2v) is 5.01. The summed E-state index contributed by atoms with van der Waals surface area (Å²) in [6.07, 6.45) is 0.833. The van der Waals surface area contributed by atoms with E-state index < -0.39 is 6.03 Å². The Kier molecular flexibility index (Phi) is 5.35. The van der Waals surface area contributed by atoms with Gasteiger partial charge in [0.15, 0.2) is 0 Å².